The van der Waals surface area contributed by atoms with Gasteiger partial charge >= 0.3 is 6.36 Å². The van der Waals surface area contributed by atoms with Crippen molar-refractivity contribution in [2.24, 2.45) is 0 Å². The van der Waals surface area contributed by atoms with E-state index in [1.54, 1.807) is 36.4 Å². The fourth-order valence-electron chi connectivity index (χ4n) is 4.35. The van der Waals surface area contributed by atoms with Crippen LogP contribution in [0.5, 0.6) is 5.75 Å². The van der Waals surface area contributed by atoms with Gasteiger partial charge in [-0.1, -0.05) is 51.8 Å². The minimum Gasteiger partial charge on any atom is -0.503 e. The van der Waals surface area contributed by atoms with Gasteiger partial charge in [-0.05, 0) is 48.9 Å². The second-order valence-corrected chi connectivity index (χ2v) is 9.34. The molecule has 0 aliphatic carbocycles. The van der Waals surface area contributed by atoms with Gasteiger partial charge in [0.05, 0.1) is 11.6 Å². The quantitative estimate of drug-likeness (QED) is 0.256. The third-order valence-corrected chi connectivity index (χ3v) is 6.34. The number of halogens is 4. The smallest absolute Gasteiger partial charge is 0.503 e. The SMILES string of the molecule is Cc1cccc(C2C(C(=O)c3cc4cc(Br)ccc4o3)=C(O)C(=O)N2c2cccc(OC(F)(F)F)c2)c1. The van der Waals surface area contributed by atoms with E-state index in [2.05, 4.69) is 20.7 Å². The molecule has 1 unspecified atom stereocenters. The van der Waals surface area contributed by atoms with E-state index in [0.29, 0.717) is 16.5 Å². The number of aliphatic hydroxyl groups is 1. The van der Waals surface area contributed by atoms with E-state index < -0.39 is 35.6 Å². The summed E-state index contributed by atoms with van der Waals surface area (Å²) in [6, 6.07) is 17.2. The molecule has 1 aliphatic rings. The molecule has 0 saturated carbocycles. The molecule has 0 fully saturated rings. The molecule has 0 saturated heterocycles. The largest absolute Gasteiger partial charge is 0.573 e. The van der Waals surface area contributed by atoms with E-state index in [-0.39, 0.29) is 17.0 Å². The molecule has 10 heteroatoms. The van der Waals surface area contributed by atoms with Gasteiger partial charge in [0.2, 0.25) is 5.78 Å². The normalized spacial score (nSPS) is 16.1. The van der Waals surface area contributed by atoms with Gasteiger partial charge in [0.1, 0.15) is 11.3 Å². The van der Waals surface area contributed by atoms with Crippen LogP contribution in [0.1, 0.15) is 27.7 Å². The molecule has 0 spiro atoms. The first kappa shape index (κ1) is 24.6. The summed E-state index contributed by atoms with van der Waals surface area (Å²) in [4.78, 5) is 28.1. The molecule has 1 amide bonds. The van der Waals surface area contributed by atoms with Crippen molar-refractivity contribution in [3.8, 4) is 5.75 Å². The number of ether oxygens (including phenoxy) is 1. The highest BCUT2D eigenvalue weighted by Gasteiger charge is 2.45. The Bertz CT molecular complexity index is 1590. The molecule has 188 valence electrons. The van der Waals surface area contributed by atoms with E-state index in [4.69, 9.17) is 4.42 Å². The highest BCUT2D eigenvalue weighted by Crippen LogP contribution is 2.43. The number of fused-ring (bicyclic) bond motifs is 1. The van der Waals surface area contributed by atoms with Gasteiger partial charge in [0, 0.05) is 21.6 Å². The molecule has 0 radical (unpaired) electrons. The molecule has 6 nitrogen and oxygen atoms in total. The molecule has 1 aromatic heterocycles. The first-order valence-corrected chi connectivity index (χ1v) is 11.7. The Balaban J connectivity index is 1.63. The molecule has 4 aromatic rings. The highest BCUT2D eigenvalue weighted by atomic mass is 79.9. The van der Waals surface area contributed by atoms with E-state index in [0.717, 1.165) is 27.1 Å². The lowest BCUT2D eigenvalue weighted by Gasteiger charge is -2.27. The van der Waals surface area contributed by atoms with Crippen molar-refractivity contribution in [2.45, 2.75) is 19.3 Å². The second kappa shape index (κ2) is 9.11. The van der Waals surface area contributed by atoms with Crippen LogP contribution < -0.4 is 9.64 Å². The number of anilines is 1. The number of ketones is 1. The molecular formula is C27H17BrF3NO5. The second-order valence-electron chi connectivity index (χ2n) is 8.42. The number of carbonyl (C=O) groups is 2. The Morgan fingerprint density at radius 1 is 1.05 bits per heavy atom. The van der Waals surface area contributed by atoms with Crippen LogP contribution in [-0.2, 0) is 4.79 Å². The fraction of sp³-hybridized carbons (Fsp3) is 0.111. The number of amides is 1. The predicted octanol–water partition coefficient (Wildman–Crippen LogP) is 7.19. The molecule has 1 N–H and O–H groups in total. The van der Waals surface area contributed by atoms with Gasteiger partial charge in [-0.3, -0.25) is 14.5 Å². The first-order chi connectivity index (χ1) is 17.5. The van der Waals surface area contributed by atoms with E-state index in [9.17, 15) is 27.9 Å². The number of rotatable bonds is 5. The molecule has 3 aromatic carbocycles. The van der Waals surface area contributed by atoms with Gasteiger partial charge in [-0.25, -0.2) is 0 Å². The van der Waals surface area contributed by atoms with Crippen LogP contribution in [0.25, 0.3) is 11.0 Å². The van der Waals surface area contributed by atoms with Gasteiger partial charge < -0.3 is 14.3 Å². The number of hydrogen-bond donors (Lipinski definition) is 1. The number of furan rings is 1. The lowest BCUT2D eigenvalue weighted by molar-refractivity contribution is -0.274. The summed E-state index contributed by atoms with van der Waals surface area (Å²) in [5, 5.41) is 11.5. The van der Waals surface area contributed by atoms with Crippen molar-refractivity contribution in [1.82, 2.24) is 0 Å². The Hall–Kier alpha value is -4.05. The standard InChI is InChI=1S/C27H17BrF3NO5/c1-14-4-2-5-15(10-14)23-22(24(33)21-12-16-11-17(28)8-9-20(16)36-21)25(34)26(35)32(23)18-6-3-7-19(13-18)37-27(29,30)31/h2-13,23,34H,1H3. The monoisotopic (exact) mass is 571 g/mol. The van der Waals surface area contributed by atoms with Gasteiger partial charge in [-0.2, -0.15) is 0 Å². The topological polar surface area (TPSA) is 80.0 Å². The van der Waals surface area contributed by atoms with Crippen LogP contribution >= 0.6 is 15.9 Å². The third kappa shape index (κ3) is 4.72. The van der Waals surface area contributed by atoms with Gasteiger partial charge in [0.15, 0.2) is 11.5 Å². The van der Waals surface area contributed by atoms with Crippen molar-refractivity contribution < 1.29 is 37.0 Å². The number of Topliss-reactive ketones (excluding diaryl/α,β-unsaturated/α-hetero) is 1. The summed E-state index contributed by atoms with van der Waals surface area (Å²) in [6.45, 7) is 1.81. The number of aliphatic hydroxyl groups excluding tert-OH is 1. The van der Waals surface area contributed by atoms with Crippen molar-refractivity contribution in [1.29, 1.82) is 0 Å². The van der Waals surface area contributed by atoms with Gasteiger partial charge in [-0.15, -0.1) is 13.2 Å². The highest BCUT2D eigenvalue weighted by molar-refractivity contribution is 9.10. The van der Waals surface area contributed by atoms with Gasteiger partial charge in [0.25, 0.3) is 5.91 Å². The zero-order valence-electron chi connectivity index (χ0n) is 19.0. The molecule has 2 heterocycles. The van der Waals surface area contributed by atoms with Crippen molar-refractivity contribution >= 4 is 44.3 Å². The molecule has 1 aliphatic heterocycles. The van der Waals surface area contributed by atoms with Crippen molar-refractivity contribution in [3.63, 3.8) is 0 Å². The Labute approximate surface area is 216 Å². The van der Waals surface area contributed by atoms with Crippen LogP contribution in [0.15, 0.2) is 93.0 Å². The predicted molar refractivity (Wildman–Crippen MR) is 132 cm³/mol. The number of hydrogen-bond acceptors (Lipinski definition) is 5. The van der Waals surface area contributed by atoms with Crippen LogP contribution in [0.4, 0.5) is 18.9 Å². The number of carbonyl (C=O) groups excluding carboxylic acids is 2. The van der Waals surface area contributed by atoms with Crippen molar-refractivity contribution in [2.75, 3.05) is 4.90 Å². The molecular weight excluding hydrogens is 555 g/mol. The lowest BCUT2D eigenvalue weighted by atomic mass is 9.94. The first-order valence-electron chi connectivity index (χ1n) is 10.9. The Morgan fingerprint density at radius 2 is 1.81 bits per heavy atom. The summed E-state index contributed by atoms with van der Waals surface area (Å²) in [5.74, 6) is -3.15. The summed E-state index contributed by atoms with van der Waals surface area (Å²) in [7, 11) is 0. The Kier molecular flexibility index (Phi) is 6.07. The zero-order valence-corrected chi connectivity index (χ0v) is 20.6. The molecule has 0 bridgehead atoms. The van der Waals surface area contributed by atoms with Crippen LogP contribution in [0.3, 0.4) is 0 Å². The van der Waals surface area contributed by atoms with E-state index >= 15 is 0 Å². The summed E-state index contributed by atoms with van der Waals surface area (Å²) >= 11 is 3.36. The summed E-state index contributed by atoms with van der Waals surface area (Å²) < 4.78 is 49.0. The van der Waals surface area contributed by atoms with E-state index in [1.807, 2.05) is 13.0 Å². The maximum Gasteiger partial charge on any atom is 0.573 e. The number of aryl methyl sites for hydroxylation is 1. The third-order valence-electron chi connectivity index (χ3n) is 5.84. The maximum absolute atomic E-state index is 13.7. The minimum atomic E-state index is -4.94. The van der Waals surface area contributed by atoms with E-state index in [1.165, 1.54) is 18.2 Å². The molecule has 5 rings (SSSR count). The zero-order chi connectivity index (χ0) is 26.5. The average molecular weight is 572 g/mol. The minimum absolute atomic E-state index is 0.00106. The summed E-state index contributed by atoms with van der Waals surface area (Å²) in [5.41, 5.74) is 1.46. The lowest BCUT2D eigenvalue weighted by Crippen LogP contribution is -2.31. The molecule has 1 atom stereocenters. The number of alkyl halides is 3. The maximum atomic E-state index is 13.7. The number of nitrogens with zero attached hydrogens (tertiary/aromatic N) is 1. The van der Waals surface area contributed by atoms with Crippen LogP contribution in [0.2, 0.25) is 0 Å². The number of benzene rings is 3. The summed E-state index contributed by atoms with van der Waals surface area (Å²) in [6.07, 6.45) is -4.94. The fourth-order valence-corrected chi connectivity index (χ4v) is 4.73. The Morgan fingerprint density at radius 3 is 2.54 bits per heavy atom. The van der Waals surface area contributed by atoms with Crippen LogP contribution in [-0.4, -0.2) is 23.2 Å². The van der Waals surface area contributed by atoms with Crippen molar-refractivity contribution in [3.05, 3.63) is 105 Å². The average Bonchev–Trinajstić information content (AvgIpc) is 3.36. The van der Waals surface area contributed by atoms with Crippen LogP contribution in [0, 0.1) is 6.92 Å². The molecule has 37 heavy (non-hydrogen) atoms.